The van der Waals surface area contributed by atoms with Crippen molar-refractivity contribution in [2.24, 2.45) is 5.73 Å². The summed E-state index contributed by atoms with van der Waals surface area (Å²) in [5.41, 5.74) is 6.43. The topological polar surface area (TPSA) is 49.9 Å². The van der Waals surface area contributed by atoms with E-state index >= 15 is 0 Å². The van der Waals surface area contributed by atoms with Gasteiger partial charge in [0.2, 0.25) is 0 Å². The number of thioether (sulfide) groups is 1. The number of hydrogen-bond donors (Lipinski definition) is 2. The van der Waals surface area contributed by atoms with Crippen molar-refractivity contribution >= 4 is 51.9 Å². The van der Waals surface area contributed by atoms with Gasteiger partial charge in [0.15, 0.2) is 5.17 Å². The number of rotatable bonds is 2. The smallest absolute Gasteiger partial charge is 0.151 e. The summed E-state index contributed by atoms with van der Waals surface area (Å²) in [5, 5.41) is 7.21. The molecule has 0 saturated carbocycles. The van der Waals surface area contributed by atoms with Crippen LogP contribution >= 0.6 is 46.8 Å². The molecule has 0 fully saturated rings. The SMILES string of the molecule is Cl.N=C(N)SCc1cccc(I)c1. The van der Waals surface area contributed by atoms with Crippen molar-refractivity contribution < 1.29 is 0 Å². The quantitative estimate of drug-likeness (QED) is 0.498. The number of hydrogen-bond acceptors (Lipinski definition) is 2. The van der Waals surface area contributed by atoms with E-state index in [1.807, 2.05) is 18.2 Å². The Balaban J connectivity index is 0.00000144. The molecule has 0 aliphatic rings. The molecule has 1 rings (SSSR count). The third kappa shape index (κ3) is 5.38. The average molecular weight is 329 g/mol. The summed E-state index contributed by atoms with van der Waals surface area (Å²) in [6, 6.07) is 8.19. The summed E-state index contributed by atoms with van der Waals surface area (Å²) in [6.07, 6.45) is 0. The summed E-state index contributed by atoms with van der Waals surface area (Å²) >= 11 is 3.62. The maximum absolute atomic E-state index is 7.04. The minimum atomic E-state index is 0. The molecule has 0 atom stereocenters. The van der Waals surface area contributed by atoms with Crippen molar-refractivity contribution in [2.45, 2.75) is 5.75 Å². The van der Waals surface area contributed by atoms with Gasteiger partial charge in [-0.15, -0.1) is 12.4 Å². The Hall–Kier alpha value is 0.0600. The lowest BCUT2D eigenvalue weighted by Gasteiger charge is -1.99. The van der Waals surface area contributed by atoms with Crippen molar-refractivity contribution in [3.05, 3.63) is 33.4 Å². The van der Waals surface area contributed by atoms with Gasteiger partial charge in [-0.3, -0.25) is 5.41 Å². The second kappa shape index (κ2) is 6.50. The van der Waals surface area contributed by atoms with E-state index in [1.54, 1.807) is 0 Å². The summed E-state index contributed by atoms with van der Waals surface area (Å²) in [5.74, 6) is 0.784. The first kappa shape index (κ1) is 13.1. The fraction of sp³-hybridized carbons (Fsp3) is 0.125. The van der Waals surface area contributed by atoms with Gasteiger partial charge in [-0.1, -0.05) is 23.9 Å². The van der Waals surface area contributed by atoms with Crippen molar-refractivity contribution in [2.75, 3.05) is 0 Å². The summed E-state index contributed by atoms with van der Waals surface area (Å²) in [7, 11) is 0. The molecule has 1 aromatic rings. The summed E-state index contributed by atoms with van der Waals surface area (Å²) < 4.78 is 1.22. The number of nitrogens with one attached hydrogen (secondary N) is 1. The molecule has 0 amide bonds. The number of amidine groups is 1. The summed E-state index contributed by atoms with van der Waals surface area (Å²) in [6.45, 7) is 0. The number of nitrogens with two attached hydrogens (primary N) is 1. The highest BCUT2D eigenvalue weighted by Crippen LogP contribution is 2.13. The molecule has 1 aromatic carbocycles. The first-order valence-corrected chi connectivity index (χ1v) is 5.46. The van der Waals surface area contributed by atoms with Crippen molar-refractivity contribution in [1.82, 2.24) is 0 Å². The average Bonchev–Trinajstić information content (AvgIpc) is 2.01. The van der Waals surface area contributed by atoms with Crippen molar-refractivity contribution in [3.63, 3.8) is 0 Å². The standard InChI is InChI=1S/C8H9IN2S.ClH/c9-7-3-1-2-6(4-7)5-12-8(10)11;/h1-4H,5H2,(H3,10,11);1H. The lowest BCUT2D eigenvalue weighted by Crippen LogP contribution is -2.03. The molecule has 0 spiro atoms. The van der Waals surface area contributed by atoms with Crippen LogP contribution in [0.25, 0.3) is 0 Å². The van der Waals surface area contributed by atoms with Crippen LogP contribution in [0.4, 0.5) is 0 Å². The van der Waals surface area contributed by atoms with Crippen LogP contribution in [0, 0.1) is 8.98 Å². The molecule has 0 aliphatic carbocycles. The largest absolute Gasteiger partial charge is 0.379 e. The van der Waals surface area contributed by atoms with Crippen LogP contribution in [0.2, 0.25) is 0 Å². The lowest BCUT2D eigenvalue weighted by atomic mass is 10.2. The zero-order valence-electron chi connectivity index (χ0n) is 6.79. The molecular weight excluding hydrogens is 319 g/mol. The zero-order valence-corrected chi connectivity index (χ0v) is 10.6. The molecular formula is C8H10ClIN2S. The third-order valence-electron chi connectivity index (χ3n) is 1.28. The van der Waals surface area contributed by atoms with Crippen LogP contribution in [0.5, 0.6) is 0 Å². The van der Waals surface area contributed by atoms with E-state index in [-0.39, 0.29) is 17.6 Å². The molecule has 3 N–H and O–H groups in total. The van der Waals surface area contributed by atoms with Crippen LogP contribution in [-0.4, -0.2) is 5.17 Å². The number of halogens is 2. The van der Waals surface area contributed by atoms with Crippen LogP contribution in [-0.2, 0) is 5.75 Å². The maximum Gasteiger partial charge on any atom is 0.151 e. The van der Waals surface area contributed by atoms with E-state index in [0.29, 0.717) is 0 Å². The normalized spacial score (nSPS) is 9.00. The first-order chi connectivity index (χ1) is 5.68. The molecule has 0 aromatic heterocycles. The van der Waals surface area contributed by atoms with Gasteiger partial charge >= 0.3 is 0 Å². The van der Waals surface area contributed by atoms with Gasteiger partial charge in [0.05, 0.1) is 0 Å². The zero-order chi connectivity index (χ0) is 8.97. The van der Waals surface area contributed by atoms with Crippen molar-refractivity contribution in [1.29, 1.82) is 5.41 Å². The van der Waals surface area contributed by atoms with Crippen LogP contribution in [0.1, 0.15) is 5.56 Å². The number of benzene rings is 1. The van der Waals surface area contributed by atoms with E-state index in [0.717, 1.165) is 5.75 Å². The van der Waals surface area contributed by atoms with Gasteiger partial charge in [-0.05, 0) is 40.3 Å². The van der Waals surface area contributed by atoms with Gasteiger partial charge in [0.25, 0.3) is 0 Å². The van der Waals surface area contributed by atoms with Gasteiger partial charge < -0.3 is 5.73 Å². The molecule has 0 radical (unpaired) electrons. The highest BCUT2D eigenvalue weighted by molar-refractivity contribution is 14.1. The maximum atomic E-state index is 7.04. The molecule has 0 unspecified atom stereocenters. The van der Waals surface area contributed by atoms with Gasteiger partial charge in [0, 0.05) is 9.32 Å². The van der Waals surface area contributed by atoms with Crippen LogP contribution in [0.15, 0.2) is 24.3 Å². The highest BCUT2D eigenvalue weighted by atomic mass is 127. The second-order valence-electron chi connectivity index (χ2n) is 2.28. The molecule has 0 saturated heterocycles. The Morgan fingerprint density at radius 3 is 2.77 bits per heavy atom. The summed E-state index contributed by atoms with van der Waals surface area (Å²) in [4.78, 5) is 0. The van der Waals surface area contributed by atoms with Crippen molar-refractivity contribution in [3.8, 4) is 0 Å². The fourth-order valence-corrected chi connectivity index (χ4v) is 1.90. The molecule has 72 valence electrons. The monoisotopic (exact) mass is 328 g/mol. The van der Waals surface area contributed by atoms with Crippen LogP contribution < -0.4 is 5.73 Å². The predicted octanol–water partition coefficient (Wildman–Crippen LogP) is 2.84. The van der Waals surface area contributed by atoms with Gasteiger partial charge in [-0.25, -0.2) is 0 Å². The Morgan fingerprint density at radius 2 is 2.23 bits per heavy atom. The highest BCUT2D eigenvalue weighted by Gasteiger charge is 1.95. The van der Waals surface area contributed by atoms with Gasteiger partial charge in [-0.2, -0.15) is 0 Å². The molecule has 0 aliphatic heterocycles. The third-order valence-corrected chi connectivity index (χ3v) is 2.74. The predicted molar refractivity (Wildman–Crippen MR) is 69.6 cm³/mol. The van der Waals surface area contributed by atoms with Crippen LogP contribution in [0.3, 0.4) is 0 Å². The lowest BCUT2D eigenvalue weighted by molar-refractivity contribution is 1.40. The van der Waals surface area contributed by atoms with Gasteiger partial charge in [0.1, 0.15) is 0 Å². The van der Waals surface area contributed by atoms with E-state index in [9.17, 15) is 0 Å². The van der Waals surface area contributed by atoms with E-state index in [1.165, 1.54) is 20.9 Å². The Labute approximate surface area is 102 Å². The second-order valence-corrected chi connectivity index (χ2v) is 4.55. The molecule has 13 heavy (non-hydrogen) atoms. The molecule has 2 nitrogen and oxygen atoms in total. The molecule has 0 bridgehead atoms. The Bertz CT molecular complexity index is 293. The minimum absolute atomic E-state index is 0. The van der Waals surface area contributed by atoms with E-state index in [4.69, 9.17) is 11.1 Å². The first-order valence-electron chi connectivity index (χ1n) is 3.40. The minimum Gasteiger partial charge on any atom is -0.379 e. The fourth-order valence-electron chi connectivity index (χ4n) is 0.788. The molecule has 0 heterocycles. The van der Waals surface area contributed by atoms with E-state index in [2.05, 4.69) is 28.7 Å². The Morgan fingerprint density at radius 1 is 1.54 bits per heavy atom. The Kier molecular flexibility index (Phi) is 6.53. The molecule has 5 heteroatoms. The van der Waals surface area contributed by atoms with E-state index < -0.39 is 0 Å².